The summed E-state index contributed by atoms with van der Waals surface area (Å²) in [6.07, 6.45) is 1.14. The average molecular weight is 334 g/mol. The maximum absolute atomic E-state index is 12.3. The van der Waals surface area contributed by atoms with E-state index in [9.17, 15) is 14.7 Å². The zero-order chi connectivity index (χ0) is 17.9. The molecule has 1 aromatic carbocycles. The number of aliphatic hydroxyl groups is 2. The second-order valence-corrected chi connectivity index (χ2v) is 5.75. The van der Waals surface area contributed by atoms with E-state index in [-0.39, 0.29) is 37.4 Å². The van der Waals surface area contributed by atoms with E-state index in [1.807, 2.05) is 18.2 Å². The van der Waals surface area contributed by atoms with Crippen LogP contribution in [0.25, 0.3) is 0 Å². The number of hydrogen-bond donors (Lipinski definition) is 4. The molecule has 0 spiro atoms. The Kier molecular flexibility index (Phi) is 8.75. The molecule has 6 heteroatoms. The molecule has 3 atom stereocenters. The van der Waals surface area contributed by atoms with Crippen LogP contribution in [0.5, 0.6) is 0 Å². The highest BCUT2D eigenvalue weighted by Crippen LogP contribution is 2.13. The summed E-state index contributed by atoms with van der Waals surface area (Å²) in [7, 11) is 0. The number of hydrogen-bond acceptors (Lipinski definition) is 4. The summed E-state index contributed by atoms with van der Waals surface area (Å²) in [5.74, 6) is -1.17. The predicted molar refractivity (Wildman–Crippen MR) is 92.0 cm³/mol. The van der Waals surface area contributed by atoms with Crippen LogP contribution in [0.4, 0.5) is 0 Å². The third-order valence-electron chi connectivity index (χ3n) is 3.59. The molecule has 0 bridgehead atoms. The SMILES string of the molecule is C=CC[C@H](CC(=O)N[C@H](C)CO)C(=O)NC[C@@H](O)c1ccccc1. The standard InChI is InChI=1S/C18H26N2O4/c1-3-7-15(10-17(23)20-13(2)12-21)18(24)19-11-16(22)14-8-5-4-6-9-14/h3-6,8-9,13,15-16,21-22H,1,7,10-12H2,2H3,(H,19,24)(H,20,23)/t13-,15-,16-/m1/s1. The molecule has 0 aliphatic heterocycles. The first kappa shape index (κ1) is 19.9. The third kappa shape index (κ3) is 6.93. The second-order valence-electron chi connectivity index (χ2n) is 5.75. The lowest BCUT2D eigenvalue weighted by Gasteiger charge is -2.18. The van der Waals surface area contributed by atoms with Crippen LogP contribution < -0.4 is 10.6 Å². The lowest BCUT2D eigenvalue weighted by atomic mass is 9.99. The number of aliphatic hydroxyl groups excluding tert-OH is 2. The summed E-state index contributed by atoms with van der Waals surface area (Å²) in [5, 5.41) is 24.3. The van der Waals surface area contributed by atoms with Gasteiger partial charge in [-0.3, -0.25) is 9.59 Å². The van der Waals surface area contributed by atoms with Crippen molar-refractivity contribution in [3.05, 3.63) is 48.6 Å². The van der Waals surface area contributed by atoms with Gasteiger partial charge in [-0.05, 0) is 18.9 Å². The van der Waals surface area contributed by atoms with Crippen molar-refractivity contribution < 1.29 is 19.8 Å². The van der Waals surface area contributed by atoms with Crippen LogP contribution in [-0.2, 0) is 9.59 Å². The molecule has 0 saturated heterocycles. The molecular formula is C18H26N2O4. The Morgan fingerprint density at radius 1 is 1.29 bits per heavy atom. The Hall–Kier alpha value is -2.18. The summed E-state index contributed by atoms with van der Waals surface area (Å²) in [6.45, 7) is 5.20. The molecule has 132 valence electrons. The third-order valence-corrected chi connectivity index (χ3v) is 3.59. The molecule has 0 radical (unpaired) electrons. The maximum atomic E-state index is 12.3. The average Bonchev–Trinajstić information content (AvgIpc) is 2.59. The molecule has 1 rings (SSSR count). The van der Waals surface area contributed by atoms with E-state index in [1.165, 1.54) is 0 Å². The molecule has 0 aliphatic carbocycles. The number of carbonyl (C=O) groups excluding carboxylic acids is 2. The molecule has 0 saturated carbocycles. The molecule has 24 heavy (non-hydrogen) atoms. The lowest BCUT2D eigenvalue weighted by Crippen LogP contribution is -2.39. The lowest BCUT2D eigenvalue weighted by molar-refractivity contribution is -0.130. The molecule has 0 aromatic heterocycles. The highest BCUT2D eigenvalue weighted by Gasteiger charge is 2.22. The zero-order valence-corrected chi connectivity index (χ0v) is 13.9. The number of rotatable bonds is 10. The first-order valence-corrected chi connectivity index (χ1v) is 7.99. The minimum absolute atomic E-state index is 0.00360. The smallest absolute Gasteiger partial charge is 0.224 e. The number of carbonyl (C=O) groups is 2. The van der Waals surface area contributed by atoms with Crippen molar-refractivity contribution >= 4 is 11.8 Å². The Balaban J connectivity index is 2.53. The van der Waals surface area contributed by atoms with E-state index in [0.717, 1.165) is 0 Å². The van der Waals surface area contributed by atoms with Gasteiger partial charge in [0.05, 0.1) is 18.6 Å². The van der Waals surface area contributed by atoms with Crippen LogP contribution in [0.1, 0.15) is 31.4 Å². The van der Waals surface area contributed by atoms with Gasteiger partial charge in [0.1, 0.15) is 0 Å². The van der Waals surface area contributed by atoms with E-state index in [4.69, 9.17) is 5.11 Å². The Labute approximate surface area is 142 Å². The number of nitrogens with one attached hydrogen (secondary N) is 2. The zero-order valence-electron chi connectivity index (χ0n) is 13.9. The fourth-order valence-electron chi connectivity index (χ4n) is 2.22. The Bertz CT molecular complexity index is 533. The van der Waals surface area contributed by atoms with Crippen LogP contribution in [-0.4, -0.2) is 41.2 Å². The molecule has 2 amide bonds. The van der Waals surface area contributed by atoms with Crippen LogP contribution >= 0.6 is 0 Å². The van der Waals surface area contributed by atoms with E-state index in [0.29, 0.717) is 12.0 Å². The molecule has 0 fully saturated rings. The second kappa shape index (κ2) is 10.6. The van der Waals surface area contributed by atoms with Crippen molar-refractivity contribution in [2.24, 2.45) is 5.92 Å². The Morgan fingerprint density at radius 3 is 2.54 bits per heavy atom. The molecule has 0 unspecified atom stereocenters. The van der Waals surface area contributed by atoms with E-state index in [2.05, 4.69) is 17.2 Å². The van der Waals surface area contributed by atoms with Crippen LogP contribution in [0.15, 0.2) is 43.0 Å². The van der Waals surface area contributed by atoms with Gasteiger partial charge in [0, 0.05) is 19.0 Å². The first-order chi connectivity index (χ1) is 11.5. The first-order valence-electron chi connectivity index (χ1n) is 7.99. The summed E-state index contributed by atoms with van der Waals surface area (Å²) in [6, 6.07) is 8.68. The predicted octanol–water partition coefficient (Wildman–Crippen LogP) is 0.916. The van der Waals surface area contributed by atoms with E-state index < -0.39 is 12.0 Å². The van der Waals surface area contributed by atoms with Gasteiger partial charge in [-0.1, -0.05) is 36.4 Å². The van der Waals surface area contributed by atoms with Crippen molar-refractivity contribution in [3.63, 3.8) is 0 Å². The molecule has 4 N–H and O–H groups in total. The van der Waals surface area contributed by atoms with Crippen LogP contribution in [0, 0.1) is 5.92 Å². The Morgan fingerprint density at radius 2 is 1.96 bits per heavy atom. The van der Waals surface area contributed by atoms with Crippen molar-refractivity contribution in [2.75, 3.05) is 13.2 Å². The van der Waals surface area contributed by atoms with Crippen LogP contribution in [0.2, 0.25) is 0 Å². The van der Waals surface area contributed by atoms with Crippen molar-refractivity contribution in [1.29, 1.82) is 0 Å². The summed E-state index contributed by atoms with van der Waals surface area (Å²) in [4.78, 5) is 24.1. The molecule has 0 heterocycles. The topological polar surface area (TPSA) is 98.7 Å². The fourth-order valence-corrected chi connectivity index (χ4v) is 2.22. The quantitative estimate of drug-likeness (QED) is 0.478. The highest BCUT2D eigenvalue weighted by molar-refractivity contribution is 5.86. The van der Waals surface area contributed by atoms with Gasteiger partial charge >= 0.3 is 0 Å². The number of allylic oxidation sites excluding steroid dienone is 1. The summed E-state index contributed by atoms with van der Waals surface area (Å²) < 4.78 is 0. The van der Waals surface area contributed by atoms with Gasteiger partial charge in [-0.15, -0.1) is 6.58 Å². The van der Waals surface area contributed by atoms with E-state index >= 15 is 0 Å². The molecule has 6 nitrogen and oxygen atoms in total. The van der Waals surface area contributed by atoms with Gasteiger partial charge in [0.15, 0.2) is 0 Å². The minimum Gasteiger partial charge on any atom is -0.394 e. The van der Waals surface area contributed by atoms with E-state index in [1.54, 1.807) is 25.1 Å². The number of amides is 2. The maximum Gasteiger partial charge on any atom is 0.224 e. The van der Waals surface area contributed by atoms with Crippen molar-refractivity contribution in [1.82, 2.24) is 10.6 Å². The van der Waals surface area contributed by atoms with Gasteiger partial charge in [0.25, 0.3) is 0 Å². The van der Waals surface area contributed by atoms with Gasteiger partial charge in [-0.2, -0.15) is 0 Å². The minimum atomic E-state index is -0.803. The van der Waals surface area contributed by atoms with Crippen molar-refractivity contribution in [2.45, 2.75) is 31.9 Å². The monoisotopic (exact) mass is 334 g/mol. The number of benzene rings is 1. The molecule has 0 aliphatic rings. The summed E-state index contributed by atoms with van der Waals surface area (Å²) in [5.41, 5.74) is 0.715. The largest absolute Gasteiger partial charge is 0.394 e. The fraction of sp³-hybridized carbons (Fsp3) is 0.444. The van der Waals surface area contributed by atoms with Crippen molar-refractivity contribution in [3.8, 4) is 0 Å². The molecule has 1 aromatic rings. The normalized spacial score (nSPS) is 14.3. The summed E-state index contributed by atoms with van der Waals surface area (Å²) >= 11 is 0. The van der Waals surface area contributed by atoms with Gasteiger partial charge < -0.3 is 20.8 Å². The van der Waals surface area contributed by atoms with Gasteiger partial charge in [-0.25, -0.2) is 0 Å². The molecular weight excluding hydrogens is 308 g/mol. The highest BCUT2D eigenvalue weighted by atomic mass is 16.3. The van der Waals surface area contributed by atoms with Crippen LogP contribution in [0.3, 0.4) is 0 Å². The van der Waals surface area contributed by atoms with Gasteiger partial charge in [0.2, 0.25) is 11.8 Å².